The van der Waals surface area contributed by atoms with Crippen LogP contribution in [0, 0.1) is 11.3 Å². The molecule has 0 bridgehead atoms. The molecule has 0 saturated heterocycles. The molecule has 0 aliphatic heterocycles. The Hall–Kier alpha value is -0.0800. The van der Waals surface area contributed by atoms with Crippen molar-refractivity contribution in [2.24, 2.45) is 11.3 Å². The van der Waals surface area contributed by atoms with E-state index >= 15 is 0 Å². The zero-order valence-corrected chi connectivity index (χ0v) is 10.5. The zero-order chi connectivity index (χ0) is 11.1. The van der Waals surface area contributed by atoms with Gasteiger partial charge in [0.1, 0.15) is 0 Å². The van der Waals surface area contributed by atoms with E-state index in [0.717, 1.165) is 5.92 Å². The third-order valence-corrected chi connectivity index (χ3v) is 4.33. The molecule has 0 amide bonds. The van der Waals surface area contributed by atoms with Crippen LogP contribution in [0.1, 0.15) is 46.5 Å². The molecule has 0 aromatic carbocycles. The van der Waals surface area contributed by atoms with Gasteiger partial charge in [0.25, 0.3) is 0 Å². The summed E-state index contributed by atoms with van der Waals surface area (Å²) in [6.07, 6.45) is 5.91. The lowest BCUT2D eigenvalue weighted by Gasteiger charge is -2.52. The van der Waals surface area contributed by atoms with Crippen LogP contribution in [0.4, 0.5) is 0 Å². The summed E-state index contributed by atoms with van der Waals surface area (Å²) in [5.74, 6) is 1.02. The molecule has 15 heavy (non-hydrogen) atoms. The average Bonchev–Trinajstić information content (AvgIpc) is 2.95. The van der Waals surface area contributed by atoms with E-state index in [0.29, 0.717) is 23.6 Å². The first-order chi connectivity index (χ1) is 7.04. The van der Waals surface area contributed by atoms with E-state index in [2.05, 4.69) is 26.1 Å². The molecule has 2 aliphatic carbocycles. The van der Waals surface area contributed by atoms with Gasteiger partial charge in [0.15, 0.2) is 0 Å². The van der Waals surface area contributed by atoms with Crippen LogP contribution >= 0.6 is 0 Å². The van der Waals surface area contributed by atoms with Gasteiger partial charge in [0.05, 0.1) is 6.10 Å². The van der Waals surface area contributed by atoms with Crippen molar-refractivity contribution < 1.29 is 4.74 Å². The fourth-order valence-electron chi connectivity index (χ4n) is 2.83. The van der Waals surface area contributed by atoms with Gasteiger partial charge in [-0.3, -0.25) is 0 Å². The van der Waals surface area contributed by atoms with Crippen molar-refractivity contribution in [2.75, 3.05) is 7.11 Å². The summed E-state index contributed by atoms with van der Waals surface area (Å²) in [7, 11) is 1.83. The van der Waals surface area contributed by atoms with Crippen LogP contribution in [0.2, 0.25) is 0 Å². The molecular weight excluding hydrogens is 186 g/mol. The van der Waals surface area contributed by atoms with Crippen LogP contribution in [-0.4, -0.2) is 25.3 Å². The second-order valence-electron chi connectivity index (χ2n) is 6.08. The summed E-state index contributed by atoms with van der Waals surface area (Å²) in [5.41, 5.74) is 0.312. The summed E-state index contributed by atoms with van der Waals surface area (Å²) in [5, 5.41) is 3.76. The van der Waals surface area contributed by atoms with Crippen LogP contribution in [0.15, 0.2) is 0 Å². The van der Waals surface area contributed by atoms with Crippen LogP contribution in [0.3, 0.4) is 0 Å². The van der Waals surface area contributed by atoms with Crippen molar-refractivity contribution in [3.05, 3.63) is 0 Å². The second-order valence-corrected chi connectivity index (χ2v) is 6.08. The average molecular weight is 211 g/mol. The summed E-state index contributed by atoms with van der Waals surface area (Å²) in [4.78, 5) is 0. The molecule has 0 heterocycles. The SMILES string of the molecule is COC1CC(NC(C)CC2CC2)C1(C)C. The van der Waals surface area contributed by atoms with Gasteiger partial charge < -0.3 is 10.1 Å². The topological polar surface area (TPSA) is 21.3 Å². The van der Waals surface area contributed by atoms with Crippen molar-refractivity contribution in [2.45, 2.75) is 64.6 Å². The standard InChI is InChI=1S/C13H25NO/c1-9(7-10-5-6-10)14-11-8-12(15-4)13(11,2)3/h9-12,14H,5-8H2,1-4H3. The Morgan fingerprint density at radius 1 is 1.40 bits per heavy atom. The summed E-state index contributed by atoms with van der Waals surface area (Å²) in [6, 6.07) is 1.33. The summed E-state index contributed by atoms with van der Waals surface area (Å²) >= 11 is 0. The highest BCUT2D eigenvalue weighted by atomic mass is 16.5. The Balaban J connectivity index is 1.75. The molecule has 2 fully saturated rings. The van der Waals surface area contributed by atoms with E-state index in [-0.39, 0.29) is 0 Å². The molecule has 3 unspecified atom stereocenters. The Morgan fingerprint density at radius 3 is 2.53 bits per heavy atom. The Morgan fingerprint density at radius 2 is 2.07 bits per heavy atom. The molecule has 88 valence electrons. The minimum atomic E-state index is 0.312. The van der Waals surface area contributed by atoms with Gasteiger partial charge >= 0.3 is 0 Å². The molecule has 0 aromatic rings. The molecule has 3 atom stereocenters. The van der Waals surface area contributed by atoms with E-state index in [1.54, 1.807) is 0 Å². The summed E-state index contributed by atoms with van der Waals surface area (Å²) < 4.78 is 5.47. The zero-order valence-electron chi connectivity index (χ0n) is 10.5. The molecule has 2 saturated carbocycles. The highest BCUT2D eigenvalue weighted by Crippen LogP contribution is 2.43. The number of rotatable bonds is 5. The monoisotopic (exact) mass is 211 g/mol. The lowest BCUT2D eigenvalue weighted by atomic mass is 9.64. The third kappa shape index (κ3) is 2.36. The first-order valence-electron chi connectivity index (χ1n) is 6.33. The van der Waals surface area contributed by atoms with E-state index in [9.17, 15) is 0 Å². The maximum atomic E-state index is 5.47. The van der Waals surface area contributed by atoms with Gasteiger partial charge in [-0.05, 0) is 25.7 Å². The quantitative estimate of drug-likeness (QED) is 0.754. The smallest absolute Gasteiger partial charge is 0.0652 e. The van der Waals surface area contributed by atoms with Gasteiger partial charge in [-0.1, -0.05) is 26.7 Å². The minimum Gasteiger partial charge on any atom is -0.381 e. The fourth-order valence-corrected chi connectivity index (χ4v) is 2.83. The van der Waals surface area contributed by atoms with E-state index in [4.69, 9.17) is 4.74 Å². The molecule has 0 spiro atoms. The molecule has 2 rings (SSSR count). The Bertz CT molecular complexity index is 223. The van der Waals surface area contributed by atoms with Gasteiger partial charge in [-0.2, -0.15) is 0 Å². The first-order valence-corrected chi connectivity index (χ1v) is 6.33. The molecule has 0 aromatic heterocycles. The first kappa shape index (κ1) is 11.4. The lowest BCUT2D eigenvalue weighted by molar-refractivity contribution is -0.100. The third-order valence-electron chi connectivity index (χ3n) is 4.33. The number of hydrogen-bond acceptors (Lipinski definition) is 2. The van der Waals surface area contributed by atoms with Gasteiger partial charge in [-0.15, -0.1) is 0 Å². The van der Waals surface area contributed by atoms with Crippen molar-refractivity contribution in [1.82, 2.24) is 5.32 Å². The number of hydrogen-bond donors (Lipinski definition) is 1. The largest absolute Gasteiger partial charge is 0.381 e. The van der Waals surface area contributed by atoms with Gasteiger partial charge in [-0.25, -0.2) is 0 Å². The second kappa shape index (κ2) is 4.06. The maximum absolute atomic E-state index is 5.47. The van der Waals surface area contributed by atoms with E-state index in [1.165, 1.54) is 25.7 Å². The maximum Gasteiger partial charge on any atom is 0.0652 e. The Labute approximate surface area is 93.8 Å². The van der Waals surface area contributed by atoms with Crippen molar-refractivity contribution in [3.63, 3.8) is 0 Å². The lowest BCUT2D eigenvalue weighted by Crippen LogP contribution is -2.62. The van der Waals surface area contributed by atoms with Crippen LogP contribution in [0.5, 0.6) is 0 Å². The van der Waals surface area contributed by atoms with E-state index in [1.807, 2.05) is 7.11 Å². The number of ether oxygens (including phenoxy) is 1. The highest BCUT2D eigenvalue weighted by Gasteiger charge is 2.48. The van der Waals surface area contributed by atoms with Crippen molar-refractivity contribution in [1.29, 1.82) is 0 Å². The molecule has 0 radical (unpaired) electrons. The molecule has 2 heteroatoms. The number of nitrogens with one attached hydrogen (secondary N) is 1. The highest BCUT2D eigenvalue weighted by molar-refractivity contribution is 5.03. The minimum absolute atomic E-state index is 0.312. The van der Waals surface area contributed by atoms with Crippen LogP contribution < -0.4 is 5.32 Å². The van der Waals surface area contributed by atoms with E-state index < -0.39 is 0 Å². The van der Waals surface area contributed by atoms with Gasteiger partial charge in [0.2, 0.25) is 0 Å². The molecule has 2 nitrogen and oxygen atoms in total. The van der Waals surface area contributed by atoms with Crippen molar-refractivity contribution >= 4 is 0 Å². The molecule has 1 N–H and O–H groups in total. The van der Waals surface area contributed by atoms with Gasteiger partial charge in [0, 0.05) is 24.6 Å². The Kier molecular flexibility index (Phi) is 3.09. The van der Waals surface area contributed by atoms with Crippen molar-refractivity contribution in [3.8, 4) is 0 Å². The molecule has 2 aliphatic rings. The number of methoxy groups -OCH3 is 1. The predicted octanol–water partition coefficient (Wildman–Crippen LogP) is 2.58. The van der Waals surface area contributed by atoms with Crippen LogP contribution in [-0.2, 0) is 4.74 Å². The molecular formula is C13H25NO. The normalized spacial score (nSPS) is 36.0. The summed E-state index contributed by atoms with van der Waals surface area (Å²) in [6.45, 7) is 6.95. The van der Waals surface area contributed by atoms with Crippen LogP contribution in [0.25, 0.3) is 0 Å². The fraction of sp³-hybridized carbons (Fsp3) is 1.00. The predicted molar refractivity (Wildman–Crippen MR) is 62.9 cm³/mol.